The first-order valence-electron chi connectivity index (χ1n) is 6.43. The third kappa shape index (κ3) is 2.32. The van der Waals surface area contributed by atoms with Crippen molar-refractivity contribution in [3.63, 3.8) is 0 Å². The van der Waals surface area contributed by atoms with Crippen molar-refractivity contribution < 1.29 is 0 Å². The zero-order valence-corrected chi connectivity index (χ0v) is 13.4. The summed E-state index contributed by atoms with van der Waals surface area (Å²) in [6.07, 6.45) is 5.92. The summed E-state index contributed by atoms with van der Waals surface area (Å²) in [5.41, 5.74) is 3.08. The topological polar surface area (TPSA) is 32.0 Å². The van der Waals surface area contributed by atoms with Crippen LogP contribution in [0.15, 0.2) is 24.4 Å². The second-order valence-corrected chi connectivity index (χ2v) is 6.48. The highest BCUT2D eigenvalue weighted by Crippen LogP contribution is 2.34. The van der Waals surface area contributed by atoms with E-state index in [1.165, 1.54) is 30.3 Å². The van der Waals surface area contributed by atoms with Crippen LogP contribution in [0.1, 0.15) is 24.8 Å². The lowest BCUT2D eigenvalue weighted by atomic mass is 10.1. The molecule has 3 rings (SSSR count). The molecule has 98 valence electrons. The van der Waals surface area contributed by atoms with Crippen LogP contribution in [0.4, 0.5) is 5.69 Å². The van der Waals surface area contributed by atoms with Gasteiger partial charge < -0.3 is 4.90 Å². The molecule has 1 aromatic carbocycles. The molecule has 0 N–H and O–H groups in total. The summed E-state index contributed by atoms with van der Waals surface area (Å²) in [6, 6.07) is 8.50. The van der Waals surface area contributed by atoms with Gasteiger partial charge in [0.15, 0.2) is 0 Å². The molecule has 0 atom stereocenters. The molecule has 2 heterocycles. The maximum absolute atomic E-state index is 9.29. The SMILES string of the molecule is N#Cc1ccc(N2CCCCC2)c2ccn(SI)c12. The molecule has 1 aromatic heterocycles. The van der Waals surface area contributed by atoms with Gasteiger partial charge in [0.2, 0.25) is 0 Å². The van der Waals surface area contributed by atoms with E-state index in [9.17, 15) is 5.26 Å². The van der Waals surface area contributed by atoms with E-state index in [0.717, 1.165) is 24.2 Å². The number of fused-ring (bicyclic) bond motifs is 1. The summed E-state index contributed by atoms with van der Waals surface area (Å²) in [6.45, 7) is 2.26. The number of halogens is 1. The average Bonchev–Trinajstić information content (AvgIpc) is 2.91. The summed E-state index contributed by atoms with van der Waals surface area (Å²) in [7, 11) is 1.61. The maximum Gasteiger partial charge on any atom is 0.101 e. The monoisotopic (exact) mass is 383 g/mol. The van der Waals surface area contributed by atoms with Gasteiger partial charge in [0.1, 0.15) is 6.07 Å². The number of hydrogen-bond acceptors (Lipinski definition) is 3. The fourth-order valence-corrected chi connectivity index (χ4v) is 4.13. The molecule has 1 fully saturated rings. The summed E-state index contributed by atoms with van der Waals surface area (Å²) in [5, 5.41) is 10.5. The van der Waals surface area contributed by atoms with Crippen LogP contribution in [0, 0.1) is 11.3 Å². The Bertz CT molecular complexity index is 638. The summed E-state index contributed by atoms with van der Waals surface area (Å²) in [5.74, 6) is 0. The predicted octanol–water partition coefficient (Wildman–Crippen LogP) is 4.35. The van der Waals surface area contributed by atoms with Crippen molar-refractivity contribution in [3.8, 4) is 6.07 Å². The van der Waals surface area contributed by atoms with E-state index >= 15 is 0 Å². The third-order valence-corrected chi connectivity index (χ3v) is 5.41. The lowest BCUT2D eigenvalue weighted by molar-refractivity contribution is 0.579. The van der Waals surface area contributed by atoms with Gasteiger partial charge in [0, 0.05) is 60.7 Å². The molecule has 0 radical (unpaired) electrons. The standard InChI is InChI=1S/C14H14IN3S/c15-19-18-9-6-12-13(17-7-2-1-3-8-17)5-4-11(10-16)14(12)18/h4-6,9H,1-3,7-8H2. The first-order chi connectivity index (χ1) is 9.35. The molecule has 0 bridgehead atoms. The molecule has 1 aliphatic heterocycles. The van der Waals surface area contributed by atoms with Crippen LogP contribution >= 0.6 is 30.3 Å². The van der Waals surface area contributed by atoms with Crippen LogP contribution in [0.25, 0.3) is 10.9 Å². The van der Waals surface area contributed by atoms with Crippen molar-refractivity contribution in [2.24, 2.45) is 0 Å². The second-order valence-electron chi connectivity index (χ2n) is 4.76. The van der Waals surface area contributed by atoms with Crippen LogP contribution in [0.5, 0.6) is 0 Å². The first-order valence-corrected chi connectivity index (χ1v) is 9.75. The zero-order chi connectivity index (χ0) is 13.2. The molecule has 0 aliphatic carbocycles. The fraction of sp³-hybridized carbons (Fsp3) is 0.357. The van der Waals surface area contributed by atoms with Crippen molar-refractivity contribution in [2.45, 2.75) is 19.3 Å². The Morgan fingerprint density at radius 1 is 1.16 bits per heavy atom. The number of anilines is 1. The Kier molecular flexibility index (Phi) is 3.89. The number of hydrogen-bond donors (Lipinski definition) is 0. The van der Waals surface area contributed by atoms with Gasteiger partial charge in [-0.3, -0.25) is 3.97 Å². The predicted molar refractivity (Wildman–Crippen MR) is 89.7 cm³/mol. The average molecular weight is 383 g/mol. The molecule has 19 heavy (non-hydrogen) atoms. The highest BCUT2D eigenvalue weighted by atomic mass is 127. The Labute approximate surface area is 129 Å². The van der Waals surface area contributed by atoms with E-state index < -0.39 is 0 Å². The van der Waals surface area contributed by atoms with Gasteiger partial charge in [0.05, 0.1) is 11.1 Å². The largest absolute Gasteiger partial charge is 0.371 e. The zero-order valence-electron chi connectivity index (χ0n) is 10.5. The molecular formula is C14H14IN3S. The summed E-state index contributed by atoms with van der Waals surface area (Å²) in [4.78, 5) is 2.45. The molecule has 3 nitrogen and oxygen atoms in total. The first kappa shape index (κ1) is 13.1. The van der Waals surface area contributed by atoms with Crippen LogP contribution in [0.2, 0.25) is 0 Å². The molecule has 0 spiro atoms. The molecule has 1 saturated heterocycles. The van der Waals surface area contributed by atoms with Crippen molar-refractivity contribution >= 4 is 46.9 Å². The minimum absolute atomic E-state index is 0.755. The minimum atomic E-state index is 0.755. The Morgan fingerprint density at radius 3 is 2.63 bits per heavy atom. The molecule has 0 unspecified atom stereocenters. The van der Waals surface area contributed by atoms with Gasteiger partial charge in [0.25, 0.3) is 0 Å². The lowest BCUT2D eigenvalue weighted by Crippen LogP contribution is -2.29. The van der Waals surface area contributed by atoms with E-state index in [1.54, 1.807) is 9.12 Å². The molecule has 5 heteroatoms. The quantitative estimate of drug-likeness (QED) is 0.723. The number of benzene rings is 1. The Morgan fingerprint density at radius 2 is 1.95 bits per heavy atom. The fourth-order valence-electron chi connectivity index (χ4n) is 2.77. The number of piperidine rings is 1. The van der Waals surface area contributed by atoms with Gasteiger partial charge in [-0.15, -0.1) is 0 Å². The van der Waals surface area contributed by atoms with Crippen LogP contribution in [0.3, 0.4) is 0 Å². The van der Waals surface area contributed by atoms with Crippen molar-refractivity contribution in [1.29, 1.82) is 5.26 Å². The van der Waals surface area contributed by atoms with E-state index in [-0.39, 0.29) is 0 Å². The van der Waals surface area contributed by atoms with Crippen molar-refractivity contribution in [2.75, 3.05) is 18.0 Å². The molecular weight excluding hydrogens is 369 g/mol. The normalized spacial score (nSPS) is 15.7. The van der Waals surface area contributed by atoms with E-state index in [0.29, 0.717) is 0 Å². The number of nitriles is 1. The summed E-state index contributed by atoms with van der Waals surface area (Å²) < 4.78 is 2.07. The maximum atomic E-state index is 9.29. The Hall–Kier alpha value is -0.870. The van der Waals surface area contributed by atoms with E-state index in [1.807, 2.05) is 6.07 Å². The highest BCUT2D eigenvalue weighted by Gasteiger charge is 2.17. The Balaban J connectivity index is 2.16. The summed E-state index contributed by atoms with van der Waals surface area (Å²) >= 11 is 2.25. The van der Waals surface area contributed by atoms with Gasteiger partial charge >= 0.3 is 0 Å². The van der Waals surface area contributed by atoms with Gasteiger partial charge in [-0.05, 0) is 37.5 Å². The lowest BCUT2D eigenvalue weighted by Gasteiger charge is -2.29. The number of nitrogens with zero attached hydrogens (tertiary/aromatic N) is 3. The van der Waals surface area contributed by atoms with Gasteiger partial charge in [-0.25, -0.2) is 0 Å². The van der Waals surface area contributed by atoms with Crippen LogP contribution in [-0.2, 0) is 0 Å². The van der Waals surface area contributed by atoms with Crippen LogP contribution < -0.4 is 4.90 Å². The molecule has 2 aromatic rings. The van der Waals surface area contributed by atoms with E-state index in [4.69, 9.17) is 0 Å². The molecule has 0 saturated carbocycles. The smallest absolute Gasteiger partial charge is 0.101 e. The number of rotatable bonds is 2. The minimum Gasteiger partial charge on any atom is -0.371 e. The second kappa shape index (κ2) is 5.63. The highest BCUT2D eigenvalue weighted by molar-refractivity contribution is 14.2. The molecule has 1 aliphatic rings. The third-order valence-electron chi connectivity index (χ3n) is 3.68. The molecule has 0 amide bonds. The van der Waals surface area contributed by atoms with Crippen molar-refractivity contribution in [1.82, 2.24) is 3.97 Å². The number of aromatic nitrogens is 1. The van der Waals surface area contributed by atoms with Gasteiger partial charge in [-0.2, -0.15) is 5.26 Å². The van der Waals surface area contributed by atoms with Gasteiger partial charge in [-0.1, -0.05) is 0 Å². The van der Waals surface area contributed by atoms with Crippen molar-refractivity contribution in [3.05, 3.63) is 30.0 Å². The van der Waals surface area contributed by atoms with Crippen LogP contribution in [-0.4, -0.2) is 17.1 Å². The van der Waals surface area contributed by atoms with E-state index in [2.05, 4.69) is 54.5 Å².